The van der Waals surface area contributed by atoms with Gasteiger partial charge in [0, 0.05) is 17.6 Å². The number of aromatic nitrogens is 2. The van der Waals surface area contributed by atoms with Crippen molar-refractivity contribution in [2.45, 2.75) is 50.4 Å². The predicted molar refractivity (Wildman–Crippen MR) is 66.4 cm³/mol. The van der Waals surface area contributed by atoms with E-state index in [9.17, 15) is 0 Å². The van der Waals surface area contributed by atoms with Crippen molar-refractivity contribution in [2.75, 3.05) is 0 Å². The van der Waals surface area contributed by atoms with Gasteiger partial charge >= 0.3 is 0 Å². The summed E-state index contributed by atoms with van der Waals surface area (Å²) in [6, 6.07) is 0. The topological polar surface area (TPSA) is 17.8 Å². The molecule has 1 aliphatic carbocycles. The van der Waals surface area contributed by atoms with Gasteiger partial charge in [-0.3, -0.25) is 4.68 Å². The summed E-state index contributed by atoms with van der Waals surface area (Å²) in [5.74, 6) is 1.45. The van der Waals surface area contributed by atoms with Crippen LogP contribution in [0.25, 0.3) is 0 Å². The van der Waals surface area contributed by atoms with Crippen LogP contribution in [-0.2, 0) is 6.54 Å². The molecule has 0 amide bonds. The lowest BCUT2D eigenvalue weighted by Crippen LogP contribution is -2.08. The van der Waals surface area contributed by atoms with Crippen molar-refractivity contribution < 1.29 is 0 Å². The minimum Gasteiger partial charge on any atom is -0.272 e. The number of halogens is 1. The Morgan fingerprint density at radius 3 is 2.93 bits per heavy atom. The third-order valence-corrected chi connectivity index (χ3v) is 4.78. The summed E-state index contributed by atoms with van der Waals surface area (Å²) in [5, 5.41) is 4.41. The maximum absolute atomic E-state index is 4.41. The molecule has 0 N–H and O–H groups in total. The van der Waals surface area contributed by atoms with Gasteiger partial charge in [0.05, 0.1) is 6.20 Å². The minimum atomic E-state index is 0.692. The average Bonchev–Trinajstić information content (AvgIpc) is 2.77. The van der Waals surface area contributed by atoms with E-state index in [2.05, 4.69) is 52.0 Å². The normalized spacial score (nSPS) is 31.0. The van der Waals surface area contributed by atoms with Crippen molar-refractivity contribution in [1.29, 1.82) is 0 Å². The number of hydrogen-bond donors (Lipinski definition) is 0. The molecule has 1 aliphatic rings. The quantitative estimate of drug-likeness (QED) is 0.768. The van der Waals surface area contributed by atoms with Crippen LogP contribution < -0.4 is 0 Å². The summed E-state index contributed by atoms with van der Waals surface area (Å²) >= 11 is 3.75. The van der Waals surface area contributed by atoms with Gasteiger partial charge in [-0.15, -0.1) is 0 Å². The van der Waals surface area contributed by atoms with Crippen LogP contribution in [0.1, 0.15) is 44.6 Å². The van der Waals surface area contributed by atoms with Gasteiger partial charge in [0.2, 0.25) is 0 Å². The molecule has 1 fully saturated rings. The molecule has 0 bridgehead atoms. The molecule has 2 nitrogen and oxygen atoms in total. The van der Waals surface area contributed by atoms with E-state index in [0.717, 1.165) is 18.9 Å². The van der Waals surface area contributed by atoms with Gasteiger partial charge in [-0.25, -0.2) is 0 Å². The Morgan fingerprint density at radius 1 is 1.53 bits per heavy atom. The Labute approximate surface area is 100 Å². The number of alkyl halides is 1. The fourth-order valence-corrected chi connectivity index (χ4v) is 3.14. The van der Waals surface area contributed by atoms with E-state index in [1.807, 2.05) is 0 Å². The van der Waals surface area contributed by atoms with Gasteiger partial charge in [-0.2, -0.15) is 5.10 Å². The average molecular weight is 271 g/mol. The first kappa shape index (κ1) is 11.2. The first-order chi connectivity index (χ1) is 7.22. The first-order valence-electron chi connectivity index (χ1n) is 5.88. The van der Waals surface area contributed by atoms with Crippen LogP contribution in [0.4, 0.5) is 0 Å². The highest BCUT2D eigenvalue weighted by Gasteiger charge is 2.32. The van der Waals surface area contributed by atoms with E-state index < -0.39 is 0 Å². The molecule has 2 rings (SSSR count). The van der Waals surface area contributed by atoms with Crippen molar-refractivity contribution in [1.82, 2.24) is 9.78 Å². The Kier molecular flexibility index (Phi) is 3.49. The molecule has 3 atom stereocenters. The number of hydrogen-bond acceptors (Lipinski definition) is 1. The second kappa shape index (κ2) is 4.69. The van der Waals surface area contributed by atoms with Gasteiger partial charge in [0.1, 0.15) is 0 Å². The summed E-state index contributed by atoms with van der Waals surface area (Å²) in [5.41, 5.74) is 1.43. The Balaban J connectivity index is 2.09. The summed E-state index contributed by atoms with van der Waals surface area (Å²) < 4.78 is 2.07. The molecule has 15 heavy (non-hydrogen) atoms. The molecule has 1 aromatic heterocycles. The smallest absolute Gasteiger partial charge is 0.0524 e. The fraction of sp³-hybridized carbons (Fsp3) is 0.750. The molecule has 0 radical (unpaired) electrons. The lowest BCUT2D eigenvalue weighted by atomic mass is 9.93. The summed E-state index contributed by atoms with van der Waals surface area (Å²) in [7, 11) is 0. The standard InChI is InChI=1S/C12H19BrN2/c1-3-6-15-8-10(7-14-15)11-4-5-12(13)9(11)2/h7-9,11-12H,3-6H2,1-2H3. The van der Waals surface area contributed by atoms with E-state index in [1.54, 1.807) is 0 Å². The Bertz CT molecular complexity index is 321. The third kappa shape index (κ3) is 2.27. The highest BCUT2D eigenvalue weighted by molar-refractivity contribution is 9.09. The molecule has 0 saturated heterocycles. The maximum atomic E-state index is 4.41. The van der Waals surface area contributed by atoms with E-state index in [1.165, 1.54) is 18.4 Å². The van der Waals surface area contributed by atoms with Crippen LogP contribution in [0.2, 0.25) is 0 Å². The Hall–Kier alpha value is -0.310. The molecule has 0 spiro atoms. The summed E-state index contributed by atoms with van der Waals surface area (Å²) in [6.45, 7) is 5.57. The van der Waals surface area contributed by atoms with E-state index in [4.69, 9.17) is 0 Å². The maximum Gasteiger partial charge on any atom is 0.0524 e. The van der Waals surface area contributed by atoms with Crippen molar-refractivity contribution in [3.63, 3.8) is 0 Å². The SMILES string of the molecule is CCCn1cc(C2CCC(Br)C2C)cn1. The summed E-state index contributed by atoms with van der Waals surface area (Å²) in [4.78, 5) is 0.692. The van der Waals surface area contributed by atoms with Crippen LogP contribution in [0.15, 0.2) is 12.4 Å². The molecule has 3 unspecified atom stereocenters. The molecule has 0 aliphatic heterocycles. The second-order valence-corrected chi connectivity index (χ2v) is 5.77. The molecule has 84 valence electrons. The molecular formula is C12H19BrN2. The molecule has 1 aromatic rings. The lowest BCUT2D eigenvalue weighted by Gasteiger charge is -2.15. The van der Waals surface area contributed by atoms with Gasteiger partial charge < -0.3 is 0 Å². The second-order valence-electron chi connectivity index (χ2n) is 4.60. The van der Waals surface area contributed by atoms with Gasteiger partial charge in [0.15, 0.2) is 0 Å². The molecule has 3 heteroatoms. The fourth-order valence-electron chi connectivity index (χ4n) is 2.51. The van der Waals surface area contributed by atoms with Gasteiger partial charge in [-0.05, 0) is 36.7 Å². The lowest BCUT2D eigenvalue weighted by molar-refractivity contribution is 0.542. The van der Waals surface area contributed by atoms with Crippen molar-refractivity contribution >= 4 is 15.9 Å². The van der Waals surface area contributed by atoms with Crippen LogP contribution >= 0.6 is 15.9 Å². The van der Waals surface area contributed by atoms with Crippen LogP contribution in [0, 0.1) is 5.92 Å². The zero-order valence-corrected chi connectivity index (χ0v) is 11.1. The molecule has 1 saturated carbocycles. The van der Waals surface area contributed by atoms with Gasteiger partial charge in [0.25, 0.3) is 0 Å². The zero-order chi connectivity index (χ0) is 10.8. The van der Waals surface area contributed by atoms with Crippen molar-refractivity contribution in [3.05, 3.63) is 18.0 Å². The minimum absolute atomic E-state index is 0.692. The van der Waals surface area contributed by atoms with Crippen molar-refractivity contribution in [3.8, 4) is 0 Å². The van der Waals surface area contributed by atoms with Crippen molar-refractivity contribution in [2.24, 2.45) is 5.92 Å². The summed E-state index contributed by atoms with van der Waals surface area (Å²) in [6.07, 6.45) is 8.04. The zero-order valence-electron chi connectivity index (χ0n) is 9.49. The van der Waals surface area contributed by atoms with E-state index in [0.29, 0.717) is 10.7 Å². The highest BCUT2D eigenvalue weighted by atomic mass is 79.9. The van der Waals surface area contributed by atoms with E-state index in [-0.39, 0.29) is 0 Å². The molecular weight excluding hydrogens is 252 g/mol. The predicted octanol–water partition coefficient (Wildman–Crippen LogP) is 3.57. The highest BCUT2D eigenvalue weighted by Crippen LogP contribution is 2.42. The Morgan fingerprint density at radius 2 is 2.33 bits per heavy atom. The molecule has 1 heterocycles. The number of nitrogens with zero attached hydrogens (tertiary/aromatic N) is 2. The van der Waals surface area contributed by atoms with Crippen LogP contribution in [-0.4, -0.2) is 14.6 Å². The molecule has 0 aromatic carbocycles. The number of aryl methyl sites for hydroxylation is 1. The van der Waals surface area contributed by atoms with Crippen LogP contribution in [0.3, 0.4) is 0 Å². The van der Waals surface area contributed by atoms with Gasteiger partial charge in [-0.1, -0.05) is 29.8 Å². The van der Waals surface area contributed by atoms with Crippen LogP contribution in [0.5, 0.6) is 0 Å². The number of rotatable bonds is 3. The third-order valence-electron chi connectivity index (χ3n) is 3.49. The first-order valence-corrected chi connectivity index (χ1v) is 6.80. The monoisotopic (exact) mass is 270 g/mol. The van der Waals surface area contributed by atoms with E-state index >= 15 is 0 Å². The largest absolute Gasteiger partial charge is 0.272 e.